The molecule has 0 rings (SSSR count). The third kappa shape index (κ3) is 4.73. The van der Waals surface area contributed by atoms with E-state index in [9.17, 15) is 0 Å². The molecule has 62 valence electrons. The van der Waals surface area contributed by atoms with E-state index in [-0.39, 0.29) is 6.17 Å². The Balaban J connectivity index is 3.17. The van der Waals surface area contributed by atoms with Crippen molar-refractivity contribution in [3.8, 4) is 0 Å². The molecule has 0 aliphatic heterocycles. The predicted molar refractivity (Wildman–Crippen MR) is 44.8 cm³/mol. The van der Waals surface area contributed by atoms with Gasteiger partial charge in [0.1, 0.15) is 0 Å². The summed E-state index contributed by atoms with van der Waals surface area (Å²) < 4.78 is 0. The van der Waals surface area contributed by atoms with E-state index in [4.69, 9.17) is 5.73 Å². The largest absolute Gasteiger partial charge is 0.315 e. The minimum absolute atomic E-state index is 0.0778. The normalized spacial score (nSPS) is 16.8. The molecule has 10 heavy (non-hydrogen) atoms. The highest BCUT2D eigenvalue weighted by molar-refractivity contribution is 4.63. The minimum Gasteiger partial charge on any atom is -0.315 e. The molecule has 3 heteroatoms. The topological polar surface area (TPSA) is 50.1 Å². The summed E-state index contributed by atoms with van der Waals surface area (Å²) in [4.78, 5) is 0. The van der Waals surface area contributed by atoms with Crippen molar-refractivity contribution in [2.45, 2.75) is 32.5 Å². The molecule has 0 fully saturated rings. The van der Waals surface area contributed by atoms with Crippen LogP contribution in [-0.4, -0.2) is 25.8 Å². The van der Waals surface area contributed by atoms with E-state index in [1.165, 1.54) is 0 Å². The molecule has 0 bridgehead atoms. The van der Waals surface area contributed by atoms with E-state index in [0.717, 1.165) is 13.0 Å². The zero-order valence-corrected chi connectivity index (χ0v) is 7.15. The zero-order chi connectivity index (χ0) is 7.98. The van der Waals surface area contributed by atoms with Crippen molar-refractivity contribution >= 4 is 0 Å². The fraction of sp³-hybridized carbons (Fsp3) is 1.00. The number of hydrogen-bond acceptors (Lipinski definition) is 3. The quantitative estimate of drug-likeness (QED) is 0.473. The van der Waals surface area contributed by atoms with Gasteiger partial charge in [-0.25, -0.2) is 0 Å². The van der Waals surface area contributed by atoms with Crippen molar-refractivity contribution < 1.29 is 0 Å². The van der Waals surface area contributed by atoms with Crippen LogP contribution in [0, 0.1) is 0 Å². The summed E-state index contributed by atoms with van der Waals surface area (Å²) >= 11 is 0. The molecule has 4 N–H and O–H groups in total. The van der Waals surface area contributed by atoms with E-state index >= 15 is 0 Å². The highest BCUT2D eigenvalue weighted by Crippen LogP contribution is 1.85. The van der Waals surface area contributed by atoms with E-state index in [0.29, 0.717) is 6.04 Å². The Hall–Kier alpha value is -0.120. The van der Waals surface area contributed by atoms with Crippen molar-refractivity contribution in [1.82, 2.24) is 10.6 Å². The Labute approximate surface area is 63.4 Å². The molecule has 0 aromatic heterocycles. The lowest BCUT2D eigenvalue weighted by Crippen LogP contribution is -2.45. The van der Waals surface area contributed by atoms with E-state index < -0.39 is 0 Å². The van der Waals surface area contributed by atoms with Gasteiger partial charge in [-0.3, -0.25) is 0 Å². The van der Waals surface area contributed by atoms with Gasteiger partial charge in [-0.1, -0.05) is 6.92 Å². The van der Waals surface area contributed by atoms with Gasteiger partial charge in [0.25, 0.3) is 0 Å². The van der Waals surface area contributed by atoms with Gasteiger partial charge in [-0.15, -0.1) is 0 Å². The van der Waals surface area contributed by atoms with Gasteiger partial charge in [0.05, 0.1) is 6.17 Å². The van der Waals surface area contributed by atoms with E-state index in [2.05, 4.69) is 24.5 Å². The van der Waals surface area contributed by atoms with Crippen LogP contribution in [0.2, 0.25) is 0 Å². The Kier molecular flexibility index (Phi) is 5.58. The second-order valence-electron chi connectivity index (χ2n) is 2.61. The molecule has 0 saturated carbocycles. The maximum Gasteiger partial charge on any atom is 0.0672 e. The van der Waals surface area contributed by atoms with E-state index in [1.807, 2.05) is 7.05 Å². The minimum atomic E-state index is 0.0778. The number of hydrogen-bond donors (Lipinski definition) is 3. The van der Waals surface area contributed by atoms with Gasteiger partial charge in [-0.05, 0) is 20.4 Å². The van der Waals surface area contributed by atoms with Gasteiger partial charge in [0.15, 0.2) is 0 Å². The van der Waals surface area contributed by atoms with Crippen molar-refractivity contribution in [2.75, 3.05) is 13.6 Å². The number of rotatable bonds is 5. The average molecular weight is 145 g/mol. The summed E-state index contributed by atoms with van der Waals surface area (Å²) in [5.74, 6) is 0. The van der Waals surface area contributed by atoms with Crippen LogP contribution in [0.25, 0.3) is 0 Å². The molecule has 0 heterocycles. The van der Waals surface area contributed by atoms with Crippen LogP contribution in [0.1, 0.15) is 20.3 Å². The molecule has 0 amide bonds. The van der Waals surface area contributed by atoms with Crippen molar-refractivity contribution in [2.24, 2.45) is 5.73 Å². The molecule has 0 aromatic rings. The summed E-state index contributed by atoms with van der Waals surface area (Å²) in [5, 5.41) is 6.26. The molecule has 2 unspecified atom stereocenters. The summed E-state index contributed by atoms with van der Waals surface area (Å²) in [5.41, 5.74) is 5.60. The first-order chi connectivity index (χ1) is 4.70. The lowest BCUT2D eigenvalue weighted by molar-refractivity contribution is 0.464. The third-order valence-corrected chi connectivity index (χ3v) is 1.67. The SMILES string of the molecule is CCC(C)NCC(N)NC. The fourth-order valence-electron chi connectivity index (χ4n) is 0.575. The fourth-order valence-corrected chi connectivity index (χ4v) is 0.575. The standard InChI is InChI=1S/C7H19N3/c1-4-6(2)10-5-7(8)9-3/h6-7,9-10H,4-5,8H2,1-3H3. The number of likely N-dealkylation sites (N-methyl/N-ethyl adjacent to an activating group) is 1. The Morgan fingerprint density at radius 2 is 2.10 bits per heavy atom. The van der Waals surface area contributed by atoms with Gasteiger partial charge < -0.3 is 16.4 Å². The number of nitrogens with one attached hydrogen (secondary N) is 2. The number of nitrogens with two attached hydrogens (primary N) is 1. The summed E-state index contributed by atoms with van der Waals surface area (Å²) in [6.07, 6.45) is 1.23. The Bertz CT molecular complexity index is 65.3. The Morgan fingerprint density at radius 3 is 2.50 bits per heavy atom. The maximum atomic E-state index is 5.60. The molecule has 0 aromatic carbocycles. The molecular weight excluding hydrogens is 126 g/mol. The highest BCUT2D eigenvalue weighted by atomic mass is 15.1. The molecule has 0 saturated heterocycles. The van der Waals surface area contributed by atoms with Gasteiger partial charge in [0, 0.05) is 12.6 Å². The summed E-state index contributed by atoms with van der Waals surface area (Å²) in [6, 6.07) is 0.569. The monoisotopic (exact) mass is 145 g/mol. The average Bonchev–Trinajstić information content (AvgIpc) is 1.99. The zero-order valence-electron chi connectivity index (χ0n) is 7.15. The van der Waals surface area contributed by atoms with Crippen LogP contribution in [0.4, 0.5) is 0 Å². The maximum absolute atomic E-state index is 5.60. The molecule has 0 spiro atoms. The van der Waals surface area contributed by atoms with E-state index in [1.54, 1.807) is 0 Å². The smallest absolute Gasteiger partial charge is 0.0672 e. The first kappa shape index (κ1) is 9.88. The van der Waals surface area contributed by atoms with Crippen LogP contribution in [-0.2, 0) is 0 Å². The second-order valence-corrected chi connectivity index (χ2v) is 2.61. The summed E-state index contributed by atoms with van der Waals surface area (Å²) in [6.45, 7) is 5.15. The first-order valence-electron chi connectivity index (χ1n) is 3.87. The van der Waals surface area contributed by atoms with Gasteiger partial charge >= 0.3 is 0 Å². The van der Waals surface area contributed by atoms with Gasteiger partial charge in [-0.2, -0.15) is 0 Å². The van der Waals surface area contributed by atoms with Crippen LogP contribution in [0.3, 0.4) is 0 Å². The molecular formula is C7H19N3. The molecule has 3 nitrogen and oxygen atoms in total. The third-order valence-electron chi connectivity index (χ3n) is 1.67. The van der Waals surface area contributed by atoms with Crippen LogP contribution >= 0.6 is 0 Å². The first-order valence-corrected chi connectivity index (χ1v) is 3.87. The van der Waals surface area contributed by atoms with Crippen LogP contribution < -0.4 is 16.4 Å². The van der Waals surface area contributed by atoms with Crippen LogP contribution in [0.5, 0.6) is 0 Å². The molecule has 0 aliphatic rings. The summed E-state index contributed by atoms with van der Waals surface area (Å²) in [7, 11) is 1.86. The van der Waals surface area contributed by atoms with Crippen molar-refractivity contribution in [3.05, 3.63) is 0 Å². The lowest BCUT2D eigenvalue weighted by Gasteiger charge is -2.15. The molecule has 0 radical (unpaired) electrons. The van der Waals surface area contributed by atoms with Gasteiger partial charge in [0.2, 0.25) is 0 Å². The van der Waals surface area contributed by atoms with Crippen molar-refractivity contribution in [3.63, 3.8) is 0 Å². The van der Waals surface area contributed by atoms with Crippen LogP contribution in [0.15, 0.2) is 0 Å². The Morgan fingerprint density at radius 1 is 1.50 bits per heavy atom. The lowest BCUT2D eigenvalue weighted by atomic mass is 10.2. The van der Waals surface area contributed by atoms with Crippen molar-refractivity contribution in [1.29, 1.82) is 0 Å². The second kappa shape index (κ2) is 5.65. The molecule has 2 atom stereocenters. The highest BCUT2D eigenvalue weighted by Gasteiger charge is 2.00. The molecule has 0 aliphatic carbocycles. The predicted octanol–water partition coefficient (Wildman–Crippen LogP) is -0.121.